The van der Waals surface area contributed by atoms with Crippen LogP contribution in [0.4, 0.5) is 5.69 Å². The number of aliphatic hydroxyl groups excluding tert-OH is 3. The van der Waals surface area contributed by atoms with E-state index in [0.29, 0.717) is 0 Å². The molecule has 0 unspecified atom stereocenters. The van der Waals surface area contributed by atoms with E-state index in [-0.39, 0.29) is 0 Å². The minimum absolute atomic E-state index is 0.514. The van der Waals surface area contributed by atoms with Gasteiger partial charge < -0.3 is 34.9 Å². The van der Waals surface area contributed by atoms with E-state index in [0.717, 1.165) is 12.1 Å². The molecule has 2 rings (SSSR count). The van der Waals surface area contributed by atoms with Crippen molar-refractivity contribution < 1.29 is 49.0 Å². The molecule has 1 aromatic rings. The largest absolute Gasteiger partial charge is 0.469 e. The summed E-state index contributed by atoms with van der Waals surface area (Å²) in [6.45, 7) is -0.960. The number of benzene rings is 1. The Bertz CT molecular complexity index is 693. The molecule has 1 aliphatic rings. The zero-order chi connectivity index (χ0) is 19.0. The first-order chi connectivity index (χ1) is 11.5. The van der Waals surface area contributed by atoms with E-state index in [1.165, 1.54) is 12.1 Å². The number of para-hydroxylation sites is 1. The van der Waals surface area contributed by atoms with Crippen molar-refractivity contribution in [1.29, 1.82) is 0 Å². The van der Waals surface area contributed by atoms with Crippen LogP contribution in [0.3, 0.4) is 0 Å². The van der Waals surface area contributed by atoms with Gasteiger partial charge in [-0.3, -0.25) is 14.6 Å². The number of hydrogen-bond acceptors (Lipinski definition) is 9. The van der Waals surface area contributed by atoms with Crippen LogP contribution in [0, 0.1) is 10.1 Å². The molecule has 1 aromatic carbocycles. The minimum Gasteiger partial charge on any atom is -0.387 e. The average molecular weight is 381 g/mol. The SMILES string of the molecule is O=[N+]([O-])c1ccccc1[C@@]1(O)O[C@H](COP(=O)(O)O)[C@@H](O)[C@H](O)[C@H]1O. The molecule has 140 valence electrons. The third-order valence-corrected chi connectivity index (χ3v) is 4.17. The van der Waals surface area contributed by atoms with Crippen LogP contribution in [0.25, 0.3) is 0 Å². The molecule has 12 nitrogen and oxygen atoms in total. The first kappa shape index (κ1) is 19.8. The van der Waals surface area contributed by atoms with Crippen molar-refractivity contribution in [2.45, 2.75) is 30.2 Å². The molecule has 0 radical (unpaired) electrons. The van der Waals surface area contributed by atoms with E-state index in [2.05, 4.69) is 4.52 Å². The molecule has 1 saturated heterocycles. The van der Waals surface area contributed by atoms with Gasteiger partial charge in [0.2, 0.25) is 5.79 Å². The Kier molecular flexibility index (Phi) is 5.59. The highest BCUT2D eigenvalue weighted by Gasteiger charge is 2.56. The lowest BCUT2D eigenvalue weighted by molar-refractivity contribution is -0.396. The second-order valence-corrected chi connectivity index (χ2v) is 6.58. The van der Waals surface area contributed by atoms with E-state index in [1.807, 2.05) is 0 Å². The summed E-state index contributed by atoms with van der Waals surface area (Å²) in [5, 5.41) is 51.6. The summed E-state index contributed by atoms with van der Waals surface area (Å²) in [7, 11) is -4.96. The second kappa shape index (κ2) is 7.03. The highest BCUT2D eigenvalue weighted by Crippen LogP contribution is 2.42. The zero-order valence-corrected chi connectivity index (χ0v) is 13.3. The van der Waals surface area contributed by atoms with Crippen molar-refractivity contribution in [1.82, 2.24) is 0 Å². The number of nitro benzene ring substituents is 1. The minimum atomic E-state index is -4.96. The molecule has 1 aliphatic heterocycles. The molecule has 25 heavy (non-hydrogen) atoms. The molecule has 13 heteroatoms. The Labute approximate surface area is 140 Å². The maximum atomic E-state index is 11.1. The van der Waals surface area contributed by atoms with Gasteiger partial charge in [0, 0.05) is 6.07 Å². The summed E-state index contributed by atoms with van der Waals surface area (Å²) in [4.78, 5) is 27.7. The Morgan fingerprint density at radius 3 is 2.40 bits per heavy atom. The third kappa shape index (κ3) is 4.03. The quantitative estimate of drug-likeness (QED) is 0.193. The molecule has 0 aromatic heterocycles. The Morgan fingerprint density at radius 1 is 1.24 bits per heavy atom. The van der Waals surface area contributed by atoms with Crippen molar-refractivity contribution >= 4 is 13.5 Å². The average Bonchev–Trinajstić information content (AvgIpc) is 2.54. The monoisotopic (exact) mass is 381 g/mol. The molecule has 1 heterocycles. The lowest BCUT2D eigenvalue weighted by atomic mass is 9.87. The van der Waals surface area contributed by atoms with E-state index in [9.17, 15) is 35.1 Å². The molecule has 0 amide bonds. The van der Waals surface area contributed by atoms with Crippen molar-refractivity contribution in [2.75, 3.05) is 6.61 Å². The molecule has 5 atom stereocenters. The topological polar surface area (TPSA) is 200 Å². The number of nitro groups is 1. The molecule has 1 fully saturated rings. The summed E-state index contributed by atoms with van der Waals surface area (Å²) >= 11 is 0. The van der Waals surface area contributed by atoms with Crippen LogP contribution in [0.1, 0.15) is 5.56 Å². The Morgan fingerprint density at radius 2 is 1.84 bits per heavy atom. The standard InChI is InChI=1S/C12H16NO11P/c14-9-8(5-23-25(20,21)22)24-12(17,11(16)10(9)15)6-3-1-2-4-7(6)13(18)19/h1-4,8-11,14-17H,5H2,(H2,20,21,22)/t8-,9-,10+,11-,12-/m1/s1. The summed E-state index contributed by atoms with van der Waals surface area (Å²) in [6.07, 6.45) is -7.81. The predicted molar refractivity (Wildman–Crippen MR) is 77.9 cm³/mol. The highest BCUT2D eigenvalue weighted by molar-refractivity contribution is 7.46. The van der Waals surface area contributed by atoms with Gasteiger partial charge in [-0.25, -0.2) is 4.57 Å². The van der Waals surface area contributed by atoms with Gasteiger partial charge in [-0.05, 0) is 6.07 Å². The molecule has 6 N–H and O–H groups in total. The number of hydrogen-bond donors (Lipinski definition) is 6. The molecule has 0 bridgehead atoms. The fraction of sp³-hybridized carbons (Fsp3) is 0.500. The number of nitrogens with zero attached hydrogens (tertiary/aromatic N) is 1. The van der Waals surface area contributed by atoms with Gasteiger partial charge >= 0.3 is 7.82 Å². The smallest absolute Gasteiger partial charge is 0.387 e. The Balaban J connectivity index is 2.41. The first-order valence-corrected chi connectivity index (χ1v) is 8.39. The molecule has 0 saturated carbocycles. The third-order valence-electron chi connectivity index (χ3n) is 3.68. The van der Waals surface area contributed by atoms with Crippen LogP contribution < -0.4 is 0 Å². The predicted octanol–water partition coefficient (Wildman–Crippen LogP) is -1.67. The van der Waals surface area contributed by atoms with Gasteiger partial charge in [-0.2, -0.15) is 0 Å². The number of aliphatic hydroxyl groups is 4. The van der Waals surface area contributed by atoms with Gasteiger partial charge in [-0.15, -0.1) is 0 Å². The van der Waals surface area contributed by atoms with E-state index in [1.54, 1.807) is 0 Å². The summed E-state index contributed by atoms with van der Waals surface area (Å²) < 4.78 is 20.0. The van der Waals surface area contributed by atoms with Crippen molar-refractivity contribution in [3.63, 3.8) is 0 Å². The summed E-state index contributed by atoms with van der Waals surface area (Å²) in [6, 6.07) is 4.67. The van der Waals surface area contributed by atoms with Crippen LogP contribution in [0.2, 0.25) is 0 Å². The molecular weight excluding hydrogens is 365 g/mol. The second-order valence-electron chi connectivity index (χ2n) is 5.34. The van der Waals surface area contributed by atoms with Gasteiger partial charge in [0.15, 0.2) is 0 Å². The van der Waals surface area contributed by atoms with Crippen molar-refractivity contribution in [3.05, 3.63) is 39.9 Å². The normalized spacial score (nSPS) is 33.2. The maximum Gasteiger partial charge on any atom is 0.469 e. The van der Waals surface area contributed by atoms with E-state index in [4.69, 9.17) is 14.5 Å². The fourth-order valence-corrected chi connectivity index (χ4v) is 2.81. The molecule has 0 aliphatic carbocycles. The zero-order valence-electron chi connectivity index (χ0n) is 12.4. The summed E-state index contributed by atoms with van der Waals surface area (Å²) in [5.41, 5.74) is -1.15. The van der Waals surface area contributed by atoms with Crippen LogP contribution in [-0.2, 0) is 19.6 Å². The van der Waals surface area contributed by atoms with Crippen LogP contribution in [0.15, 0.2) is 24.3 Å². The molecule has 0 spiro atoms. The van der Waals surface area contributed by atoms with Crippen LogP contribution in [0.5, 0.6) is 0 Å². The highest BCUT2D eigenvalue weighted by atomic mass is 31.2. The summed E-state index contributed by atoms with van der Waals surface area (Å²) in [5.74, 6) is -2.83. The number of ether oxygens (including phenoxy) is 1. The van der Waals surface area contributed by atoms with E-state index >= 15 is 0 Å². The van der Waals surface area contributed by atoms with Crippen LogP contribution >= 0.6 is 7.82 Å². The lowest BCUT2D eigenvalue weighted by Crippen LogP contribution is -2.63. The maximum absolute atomic E-state index is 11.1. The number of rotatable bonds is 5. The van der Waals surface area contributed by atoms with Crippen molar-refractivity contribution in [2.24, 2.45) is 0 Å². The fourth-order valence-electron chi connectivity index (χ4n) is 2.47. The van der Waals surface area contributed by atoms with E-state index < -0.39 is 60.8 Å². The van der Waals surface area contributed by atoms with Gasteiger partial charge in [-0.1, -0.05) is 12.1 Å². The Hall–Kier alpha value is -1.47. The van der Waals surface area contributed by atoms with Crippen LogP contribution in [-0.4, -0.2) is 66.2 Å². The number of phosphoric acid groups is 1. The van der Waals surface area contributed by atoms with Crippen molar-refractivity contribution in [3.8, 4) is 0 Å². The molecular formula is C12H16NO11P. The van der Waals surface area contributed by atoms with Gasteiger partial charge in [0.1, 0.15) is 24.4 Å². The number of phosphoric ester groups is 1. The first-order valence-electron chi connectivity index (χ1n) is 6.85. The van der Waals surface area contributed by atoms with Gasteiger partial charge in [0.05, 0.1) is 17.1 Å². The lowest BCUT2D eigenvalue weighted by Gasteiger charge is -2.45. The van der Waals surface area contributed by atoms with Gasteiger partial charge in [0.25, 0.3) is 5.69 Å².